The number of rotatable bonds is 12. The maximum atomic E-state index is 6.03. The molecule has 0 radical (unpaired) electrons. The quantitative estimate of drug-likeness (QED) is 0.0915. The van der Waals surface area contributed by atoms with Gasteiger partial charge in [0.25, 0.3) is 0 Å². The molecule has 2 unspecified atom stereocenters. The van der Waals surface area contributed by atoms with E-state index in [1.54, 1.807) is 12.4 Å². The second-order valence-electron chi connectivity index (χ2n) is 19.4. The Hall–Kier alpha value is -4.51. The average molecular weight is 865 g/mol. The Morgan fingerprint density at radius 3 is 1.48 bits per heavy atom. The number of aromatic nitrogens is 4. The Morgan fingerprint density at radius 2 is 1.06 bits per heavy atom. The topological polar surface area (TPSA) is 99.9 Å². The first-order valence-corrected chi connectivity index (χ1v) is 23.2. The molecule has 1 aliphatic heterocycles. The molecular weight excluding hydrogens is 799 g/mol. The number of benzene rings is 4. The average Bonchev–Trinajstić information content (AvgIpc) is 4.00. The van der Waals surface area contributed by atoms with Gasteiger partial charge >= 0.3 is 7.12 Å². The van der Waals surface area contributed by atoms with E-state index in [-0.39, 0.29) is 25.7 Å². The molecule has 0 amide bonds. The van der Waals surface area contributed by atoms with Crippen LogP contribution in [-0.2, 0) is 20.1 Å². The smallest absolute Gasteiger partial charge is 0.399 e. The van der Waals surface area contributed by atoms with Gasteiger partial charge in [0.1, 0.15) is 0 Å². The van der Waals surface area contributed by atoms with Crippen molar-refractivity contribution < 1.29 is 9.31 Å². The maximum Gasteiger partial charge on any atom is 0.498 e. The molecule has 8 nitrogen and oxygen atoms in total. The highest BCUT2D eigenvalue weighted by atomic mass is 35.5. The predicted octanol–water partition coefficient (Wildman–Crippen LogP) is 10.9. The summed E-state index contributed by atoms with van der Waals surface area (Å²) < 4.78 is 11.7. The Kier molecular flexibility index (Phi) is 13.5. The Morgan fingerprint density at radius 1 is 0.603 bits per heavy atom. The Bertz CT molecular complexity index is 2300. The minimum Gasteiger partial charge on any atom is -0.399 e. The lowest BCUT2D eigenvalue weighted by atomic mass is 9.64. The molecule has 4 aliphatic carbocycles. The molecule has 4 aromatic carbocycles. The van der Waals surface area contributed by atoms with E-state index < -0.39 is 0 Å². The number of nitrogens with zero attached hydrogens (tertiary/aromatic N) is 2. The molecule has 4 N–H and O–H groups in total. The predicted molar refractivity (Wildman–Crippen MR) is 259 cm³/mol. The van der Waals surface area contributed by atoms with Crippen LogP contribution >= 0.6 is 11.6 Å². The SMILES string of the molecule is C.CC1(C)OB(c2cn[nH]c2)OC1(C)C.Clc1ccc(C2(CN[C@H]3CC3c3ccccc3)CCC2)cc1.c1ccc(C2C[C@@H]2NCC2(c3ccc(-c4cn[nH]c4)cc3)CCC2)cc1. The van der Waals surface area contributed by atoms with Gasteiger partial charge in [-0.25, -0.2) is 0 Å². The van der Waals surface area contributed by atoms with Crippen molar-refractivity contribution in [2.45, 2.75) is 132 Å². The molecule has 0 spiro atoms. The van der Waals surface area contributed by atoms with Gasteiger partial charge in [-0.2, -0.15) is 10.2 Å². The molecule has 330 valence electrons. The second kappa shape index (κ2) is 18.9. The molecule has 6 aromatic rings. The zero-order valence-electron chi connectivity index (χ0n) is 36.7. The summed E-state index contributed by atoms with van der Waals surface area (Å²) in [7, 11) is -0.307. The third kappa shape index (κ3) is 10.1. The third-order valence-electron chi connectivity index (χ3n) is 14.9. The fourth-order valence-electron chi connectivity index (χ4n) is 9.57. The number of hydrogen-bond donors (Lipinski definition) is 4. The molecule has 10 heteroatoms. The molecule has 11 rings (SSSR count). The maximum absolute atomic E-state index is 6.03. The highest BCUT2D eigenvalue weighted by molar-refractivity contribution is 6.61. The molecule has 63 heavy (non-hydrogen) atoms. The van der Waals surface area contributed by atoms with Gasteiger partial charge in [-0.1, -0.05) is 129 Å². The molecule has 4 atom stereocenters. The molecule has 0 bridgehead atoms. The van der Waals surface area contributed by atoms with Gasteiger partial charge in [0, 0.05) is 82.5 Å². The number of H-pyrrole nitrogens is 2. The number of nitrogens with one attached hydrogen (secondary N) is 4. The van der Waals surface area contributed by atoms with Gasteiger partial charge in [0.15, 0.2) is 0 Å². The van der Waals surface area contributed by atoms with Crippen LogP contribution in [0.15, 0.2) is 134 Å². The normalized spacial score (nSPS) is 23.9. The van der Waals surface area contributed by atoms with Crippen LogP contribution in [0.25, 0.3) is 11.1 Å². The fraction of sp³-hybridized carbons (Fsp3) is 0.434. The standard InChI is InChI=1S/C23H25N3.C20H22ClN.C9H15BN2O2.CH4/c1-2-5-18(6-3-1)21-13-22(21)24-16-23(11-4-12-23)20-9-7-17(8-10-20)19-14-25-26-15-19;21-17-9-7-16(8-10-17)20(11-4-12-20)14-22-19-13-18(19)15-5-2-1-3-6-15;1-8(2)9(3,4)14-10(13-8)7-5-11-12-6-7;/h1-3,5-10,14-15,21-22,24H,4,11-13,16H2,(H,25,26);1-3,5-10,18-19,22H,4,11-14H2;5-6H,1-4H3,(H,11,12);1H4/t21?,22-;18?,19-;;/m00../s1. The lowest BCUT2D eigenvalue weighted by molar-refractivity contribution is 0.00578. The van der Waals surface area contributed by atoms with Gasteiger partial charge in [-0.3, -0.25) is 10.2 Å². The summed E-state index contributed by atoms with van der Waals surface area (Å²) in [5.74, 6) is 1.42. The molecule has 5 aliphatic rings. The van der Waals surface area contributed by atoms with E-state index in [4.69, 9.17) is 20.9 Å². The Labute approximate surface area is 380 Å². The summed E-state index contributed by atoms with van der Waals surface area (Å²) in [4.78, 5) is 0. The fourth-order valence-corrected chi connectivity index (χ4v) is 9.70. The van der Waals surface area contributed by atoms with Crippen molar-refractivity contribution in [1.29, 1.82) is 0 Å². The summed E-state index contributed by atoms with van der Waals surface area (Å²) in [5, 5.41) is 22.1. The van der Waals surface area contributed by atoms with Gasteiger partial charge in [-0.05, 0) is 106 Å². The van der Waals surface area contributed by atoms with Crippen LogP contribution in [0.5, 0.6) is 0 Å². The van der Waals surface area contributed by atoms with Gasteiger partial charge < -0.3 is 19.9 Å². The van der Waals surface area contributed by atoms with Crippen molar-refractivity contribution in [2.75, 3.05) is 13.1 Å². The van der Waals surface area contributed by atoms with Crippen LogP contribution in [0, 0.1) is 0 Å². The van der Waals surface area contributed by atoms with Crippen LogP contribution < -0.4 is 16.1 Å². The van der Waals surface area contributed by atoms with E-state index in [0.29, 0.717) is 34.7 Å². The van der Waals surface area contributed by atoms with E-state index in [2.05, 4.69) is 128 Å². The third-order valence-corrected chi connectivity index (χ3v) is 15.1. The van der Waals surface area contributed by atoms with E-state index >= 15 is 0 Å². The van der Waals surface area contributed by atoms with Gasteiger partial charge in [-0.15, -0.1) is 0 Å². The van der Waals surface area contributed by atoms with Crippen molar-refractivity contribution in [3.05, 3.63) is 161 Å². The van der Waals surface area contributed by atoms with Crippen molar-refractivity contribution in [3.8, 4) is 11.1 Å². The molecule has 1 saturated heterocycles. The van der Waals surface area contributed by atoms with E-state index in [0.717, 1.165) is 29.1 Å². The number of aromatic amines is 2. The molecular formula is C53H66BClN6O2. The number of hydrogen-bond acceptors (Lipinski definition) is 6. The summed E-state index contributed by atoms with van der Waals surface area (Å²) in [6.45, 7) is 10.3. The highest BCUT2D eigenvalue weighted by Gasteiger charge is 2.52. The molecule has 2 aromatic heterocycles. The first kappa shape index (κ1) is 45.1. The van der Waals surface area contributed by atoms with Crippen molar-refractivity contribution >= 4 is 24.2 Å². The first-order valence-electron chi connectivity index (χ1n) is 22.8. The minimum atomic E-state index is -0.307. The van der Waals surface area contributed by atoms with Crippen LogP contribution in [-0.4, -0.2) is 63.9 Å². The summed E-state index contributed by atoms with van der Waals surface area (Å²) in [6, 6.07) is 40.8. The van der Waals surface area contributed by atoms with Crippen LogP contribution in [0.4, 0.5) is 0 Å². The van der Waals surface area contributed by atoms with Gasteiger partial charge in [0.2, 0.25) is 0 Å². The van der Waals surface area contributed by atoms with Gasteiger partial charge in [0.05, 0.1) is 17.4 Å². The monoisotopic (exact) mass is 865 g/mol. The lowest BCUT2D eigenvalue weighted by Gasteiger charge is -2.43. The zero-order chi connectivity index (χ0) is 42.8. The molecule has 3 heterocycles. The number of halogens is 1. The highest BCUT2D eigenvalue weighted by Crippen LogP contribution is 2.48. The Balaban J connectivity index is 0.000000134. The van der Waals surface area contributed by atoms with Crippen LogP contribution in [0.1, 0.15) is 121 Å². The molecule has 4 saturated carbocycles. The van der Waals surface area contributed by atoms with Crippen molar-refractivity contribution in [2.24, 2.45) is 0 Å². The van der Waals surface area contributed by atoms with Crippen LogP contribution in [0.3, 0.4) is 0 Å². The molecule has 5 fully saturated rings. The summed E-state index contributed by atoms with van der Waals surface area (Å²) >= 11 is 6.03. The lowest BCUT2D eigenvalue weighted by Crippen LogP contribution is -2.44. The van der Waals surface area contributed by atoms with E-state index in [9.17, 15) is 0 Å². The summed E-state index contributed by atoms with van der Waals surface area (Å²) in [5.41, 5.74) is 9.33. The van der Waals surface area contributed by atoms with E-state index in [1.165, 1.54) is 79.2 Å². The van der Waals surface area contributed by atoms with Crippen LogP contribution in [0.2, 0.25) is 5.02 Å². The second-order valence-corrected chi connectivity index (χ2v) is 19.9. The van der Waals surface area contributed by atoms with Crippen molar-refractivity contribution in [1.82, 2.24) is 31.0 Å². The first-order chi connectivity index (χ1) is 30.0. The largest absolute Gasteiger partial charge is 0.498 e. The summed E-state index contributed by atoms with van der Waals surface area (Å²) in [6.07, 6.45) is 17.8. The minimum absolute atomic E-state index is 0. The zero-order valence-corrected chi connectivity index (χ0v) is 37.5. The van der Waals surface area contributed by atoms with E-state index in [1.807, 2.05) is 52.2 Å². The van der Waals surface area contributed by atoms with Crippen molar-refractivity contribution in [3.63, 3.8) is 0 Å².